The second kappa shape index (κ2) is 5.23. The molecule has 2 aromatic rings. The molecule has 0 bridgehead atoms. The van der Waals surface area contributed by atoms with Crippen molar-refractivity contribution in [3.8, 4) is 0 Å². The first-order chi connectivity index (χ1) is 8.58. The number of nitrogen functional groups attached to an aromatic ring is 1. The van der Waals surface area contributed by atoms with Crippen molar-refractivity contribution in [2.24, 2.45) is 5.73 Å². The summed E-state index contributed by atoms with van der Waals surface area (Å²) >= 11 is 1.49. The molecule has 0 spiro atoms. The minimum absolute atomic E-state index is 0.120. The Morgan fingerprint density at radius 3 is 2.56 bits per heavy atom. The Labute approximate surface area is 110 Å². The average molecular weight is 260 g/mol. The molecule has 0 radical (unpaired) electrons. The summed E-state index contributed by atoms with van der Waals surface area (Å²) in [6.07, 6.45) is 0. The van der Waals surface area contributed by atoms with Gasteiger partial charge in [-0.3, -0.25) is 5.41 Å². The quantitative estimate of drug-likeness (QED) is 0.654. The molecule has 0 aliphatic rings. The van der Waals surface area contributed by atoms with E-state index >= 15 is 0 Å². The number of benzene rings is 2. The van der Waals surface area contributed by atoms with Gasteiger partial charge < -0.3 is 5.73 Å². The summed E-state index contributed by atoms with van der Waals surface area (Å²) in [5.74, 6) is -0.500. The predicted molar refractivity (Wildman–Crippen MR) is 72.7 cm³/mol. The standard InChI is InChI=1S/C14H13FN2S/c1-9-4-2-3-5-12(9)18-13-7-6-10(15)8-11(13)14(16)17/h2-8H,1H3,(H3,16,17). The Morgan fingerprint density at radius 2 is 1.89 bits per heavy atom. The topological polar surface area (TPSA) is 49.9 Å². The maximum atomic E-state index is 13.2. The third kappa shape index (κ3) is 2.71. The highest BCUT2D eigenvalue weighted by Crippen LogP contribution is 2.32. The molecule has 3 N–H and O–H groups in total. The van der Waals surface area contributed by atoms with Gasteiger partial charge in [0.05, 0.1) is 0 Å². The Bertz CT molecular complexity index is 596. The van der Waals surface area contributed by atoms with Crippen LogP contribution in [0.4, 0.5) is 4.39 Å². The molecular formula is C14H13FN2S. The van der Waals surface area contributed by atoms with E-state index in [1.165, 1.54) is 23.9 Å². The molecule has 0 aliphatic carbocycles. The highest BCUT2D eigenvalue weighted by Gasteiger charge is 2.09. The first-order valence-corrected chi connectivity index (χ1v) is 6.27. The molecule has 0 atom stereocenters. The van der Waals surface area contributed by atoms with Crippen LogP contribution in [-0.4, -0.2) is 5.84 Å². The van der Waals surface area contributed by atoms with Crippen LogP contribution in [-0.2, 0) is 0 Å². The Balaban J connectivity index is 2.41. The maximum absolute atomic E-state index is 13.2. The second-order valence-electron chi connectivity index (χ2n) is 3.92. The van der Waals surface area contributed by atoms with Crippen molar-refractivity contribution in [3.05, 3.63) is 59.4 Å². The third-order valence-corrected chi connectivity index (χ3v) is 3.80. The molecule has 0 amide bonds. The average Bonchev–Trinajstić information content (AvgIpc) is 2.34. The number of nitrogens with one attached hydrogen (secondary N) is 1. The van der Waals surface area contributed by atoms with Gasteiger partial charge >= 0.3 is 0 Å². The van der Waals surface area contributed by atoms with Crippen molar-refractivity contribution < 1.29 is 4.39 Å². The van der Waals surface area contributed by atoms with Crippen molar-refractivity contribution in [2.45, 2.75) is 16.7 Å². The lowest BCUT2D eigenvalue weighted by atomic mass is 10.2. The molecule has 2 aromatic carbocycles. The van der Waals surface area contributed by atoms with Crippen molar-refractivity contribution >= 4 is 17.6 Å². The van der Waals surface area contributed by atoms with Gasteiger partial charge in [0.25, 0.3) is 0 Å². The van der Waals surface area contributed by atoms with Gasteiger partial charge in [0.15, 0.2) is 0 Å². The van der Waals surface area contributed by atoms with Crippen LogP contribution in [0.1, 0.15) is 11.1 Å². The van der Waals surface area contributed by atoms with Crippen LogP contribution < -0.4 is 5.73 Å². The molecule has 0 unspecified atom stereocenters. The highest BCUT2D eigenvalue weighted by molar-refractivity contribution is 7.99. The van der Waals surface area contributed by atoms with Gasteiger partial charge in [-0.1, -0.05) is 30.0 Å². The molecule has 92 valence electrons. The summed E-state index contributed by atoms with van der Waals surface area (Å²) in [5, 5.41) is 7.49. The molecule has 0 aromatic heterocycles. The van der Waals surface area contributed by atoms with E-state index in [0.717, 1.165) is 15.4 Å². The van der Waals surface area contributed by atoms with Gasteiger partial charge in [0, 0.05) is 15.4 Å². The number of halogens is 1. The van der Waals surface area contributed by atoms with Crippen molar-refractivity contribution in [3.63, 3.8) is 0 Å². The summed E-state index contributed by atoms with van der Waals surface area (Å²) in [7, 11) is 0. The molecule has 2 nitrogen and oxygen atoms in total. The summed E-state index contributed by atoms with van der Waals surface area (Å²) in [6, 6.07) is 12.3. The van der Waals surface area contributed by atoms with Crippen molar-refractivity contribution in [1.82, 2.24) is 0 Å². The van der Waals surface area contributed by atoms with Gasteiger partial charge in [-0.2, -0.15) is 0 Å². The Kier molecular flexibility index (Phi) is 3.67. The van der Waals surface area contributed by atoms with E-state index < -0.39 is 0 Å². The Hall–Kier alpha value is -1.81. The van der Waals surface area contributed by atoms with Crippen LogP contribution in [0.2, 0.25) is 0 Å². The van der Waals surface area contributed by atoms with Gasteiger partial charge in [-0.25, -0.2) is 4.39 Å². The smallest absolute Gasteiger partial charge is 0.124 e. The zero-order chi connectivity index (χ0) is 13.1. The predicted octanol–water partition coefficient (Wildman–Crippen LogP) is 3.57. The zero-order valence-electron chi connectivity index (χ0n) is 9.91. The zero-order valence-corrected chi connectivity index (χ0v) is 10.7. The lowest BCUT2D eigenvalue weighted by Gasteiger charge is -2.09. The normalized spacial score (nSPS) is 10.3. The minimum atomic E-state index is -0.380. The number of aryl methyl sites for hydroxylation is 1. The molecule has 0 saturated heterocycles. The first-order valence-electron chi connectivity index (χ1n) is 5.45. The molecular weight excluding hydrogens is 247 g/mol. The molecule has 4 heteroatoms. The molecule has 0 saturated carbocycles. The second-order valence-corrected chi connectivity index (χ2v) is 5.01. The van der Waals surface area contributed by atoms with Crippen LogP contribution in [0.25, 0.3) is 0 Å². The van der Waals surface area contributed by atoms with E-state index in [0.29, 0.717) is 5.56 Å². The van der Waals surface area contributed by atoms with Gasteiger partial charge in [-0.05, 0) is 36.8 Å². The van der Waals surface area contributed by atoms with Crippen LogP contribution in [0.3, 0.4) is 0 Å². The van der Waals surface area contributed by atoms with Gasteiger partial charge in [0.2, 0.25) is 0 Å². The van der Waals surface area contributed by atoms with E-state index in [1.54, 1.807) is 6.07 Å². The molecule has 18 heavy (non-hydrogen) atoms. The fourth-order valence-corrected chi connectivity index (χ4v) is 2.62. The fourth-order valence-electron chi connectivity index (χ4n) is 1.59. The van der Waals surface area contributed by atoms with Crippen LogP contribution in [0.5, 0.6) is 0 Å². The van der Waals surface area contributed by atoms with Crippen LogP contribution in [0, 0.1) is 18.2 Å². The Morgan fingerprint density at radius 1 is 1.17 bits per heavy atom. The van der Waals surface area contributed by atoms with Crippen LogP contribution in [0.15, 0.2) is 52.3 Å². The SMILES string of the molecule is Cc1ccccc1Sc1ccc(F)cc1C(=N)N. The van der Waals surface area contributed by atoms with Gasteiger partial charge in [0.1, 0.15) is 11.7 Å². The lowest BCUT2D eigenvalue weighted by molar-refractivity contribution is 0.626. The third-order valence-electron chi connectivity index (χ3n) is 2.55. The van der Waals surface area contributed by atoms with E-state index in [9.17, 15) is 4.39 Å². The lowest BCUT2D eigenvalue weighted by Crippen LogP contribution is -2.12. The number of hydrogen-bond acceptors (Lipinski definition) is 2. The number of nitrogens with two attached hydrogens (primary N) is 1. The molecule has 0 heterocycles. The number of amidine groups is 1. The molecule has 2 rings (SSSR count). The molecule has 0 aliphatic heterocycles. The van der Waals surface area contributed by atoms with Crippen molar-refractivity contribution in [1.29, 1.82) is 5.41 Å². The van der Waals surface area contributed by atoms with Crippen molar-refractivity contribution in [2.75, 3.05) is 0 Å². The molecule has 0 fully saturated rings. The maximum Gasteiger partial charge on any atom is 0.124 e. The summed E-state index contributed by atoms with van der Waals surface area (Å²) in [5.41, 5.74) is 7.05. The number of rotatable bonds is 3. The fraction of sp³-hybridized carbons (Fsp3) is 0.0714. The first kappa shape index (κ1) is 12.6. The summed E-state index contributed by atoms with van der Waals surface area (Å²) in [4.78, 5) is 1.87. The van der Waals surface area contributed by atoms with E-state index in [1.807, 2.05) is 31.2 Å². The van der Waals surface area contributed by atoms with Gasteiger partial charge in [-0.15, -0.1) is 0 Å². The van der Waals surface area contributed by atoms with E-state index in [-0.39, 0.29) is 11.7 Å². The van der Waals surface area contributed by atoms with Crippen LogP contribution >= 0.6 is 11.8 Å². The number of hydrogen-bond donors (Lipinski definition) is 2. The van der Waals surface area contributed by atoms with E-state index in [4.69, 9.17) is 11.1 Å². The highest BCUT2D eigenvalue weighted by atomic mass is 32.2. The van der Waals surface area contributed by atoms with E-state index in [2.05, 4.69) is 0 Å². The summed E-state index contributed by atoms with van der Waals surface area (Å²) in [6.45, 7) is 2.01. The minimum Gasteiger partial charge on any atom is -0.384 e. The summed E-state index contributed by atoms with van der Waals surface area (Å²) < 4.78 is 13.2. The monoisotopic (exact) mass is 260 g/mol. The largest absolute Gasteiger partial charge is 0.384 e.